The van der Waals surface area contributed by atoms with Gasteiger partial charge in [-0.25, -0.2) is 0 Å². The lowest BCUT2D eigenvalue weighted by molar-refractivity contribution is -0.122. The van der Waals surface area contributed by atoms with Crippen molar-refractivity contribution in [1.29, 1.82) is 0 Å². The summed E-state index contributed by atoms with van der Waals surface area (Å²) in [6, 6.07) is 0.416. The van der Waals surface area contributed by atoms with Gasteiger partial charge in [-0.2, -0.15) is 0 Å². The van der Waals surface area contributed by atoms with Gasteiger partial charge in [-0.1, -0.05) is 0 Å². The first-order valence-electron chi connectivity index (χ1n) is 9.07. The van der Waals surface area contributed by atoms with E-state index in [2.05, 4.69) is 58.9 Å². The topological polar surface area (TPSA) is 80.8 Å². The van der Waals surface area contributed by atoms with Crippen molar-refractivity contribution >= 4 is 35.8 Å². The summed E-state index contributed by atoms with van der Waals surface area (Å²) < 4.78 is 0. The summed E-state index contributed by atoms with van der Waals surface area (Å²) in [6.45, 7) is 13.4. The number of aliphatic imine (C=N–C) groups is 1. The third-order valence-corrected chi connectivity index (χ3v) is 3.96. The van der Waals surface area contributed by atoms with Crippen molar-refractivity contribution in [2.24, 2.45) is 4.99 Å². The predicted molar refractivity (Wildman–Crippen MR) is 116 cm³/mol. The molecule has 4 N–H and O–H groups in total. The summed E-state index contributed by atoms with van der Waals surface area (Å²) in [4.78, 5) is 18.3. The minimum absolute atomic E-state index is 0. The molecule has 1 heterocycles. The van der Waals surface area contributed by atoms with E-state index in [1.165, 1.54) is 0 Å². The number of hydrogen-bond donors (Lipinski definition) is 4. The van der Waals surface area contributed by atoms with Gasteiger partial charge < -0.3 is 21.3 Å². The first-order valence-corrected chi connectivity index (χ1v) is 9.07. The predicted octanol–water partition coefficient (Wildman–Crippen LogP) is 0.758. The maximum atomic E-state index is 11.4. The number of hydrogen-bond acceptors (Lipinski definition) is 4. The van der Waals surface area contributed by atoms with E-state index in [1.807, 2.05) is 0 Å². The van der Waals surface area contributed by atoms with Crippen LogP contribution in [0.3, 0.4) is 0 Å². The molecule has 1 saturated heterocycles. The fourth-order valence-corrected chi connectivity index (χ4v) is 2.63. The highest BCUT2D eigenvalue weighted by molar-refractivity contribution is 14.0. The molecule has 148 valence electrons. The molecule has 0 aromatic heterocycles. The van der Waals surface area contributed by atoms with Crippen molar-refractivity contribution < 1.29 is 4.79 Å². The van der Waals surface area contributed by atoms with E-state index in [-0.39, 0.29) is 35.4 Å². The molecule has 0 atom stereocenters. The van der Waals surface area contributed by atoms with Gasteiger partial charge in [0, 0.05) is 44.8 Å². The lowest BCUT2D eigenvalue weighted by Crippen LogP contribution is -2.50. The Balaban J connectivity index is 0.00000576. The number of carbonyl (C=O) groups excluding carboxylic acids is 1. The van der Waals surface area contributed by atoms with Gasteiger partial charge in [0.1, 0.15) is 0 Å². The van der Waals surface area contributed by atoms with Crippen LogP contribution in [-0.2, 0) is 4.79 Å². The number of likely N-dealkylation sites (N-methyl/N-ethyl adjacent to an activating group) is 1. The van der Waals surface area contributed by atoms with Gasteiger partial charge in [0.25, 0.3) is 0 Å². The minimum atomic E-state index is 0. The van der Waals surface area contributed by atoms with Crippen LogP contribution in [0.2, 0.25) is 0 Å². The highest BCUT2D eigenvalue weighted by Crippen LogP contribution is 2.09. The largest absolute Gasteiger partial charge is 0.358 e. The summed E-state index contributed by atoms with van der Waals surface area (Å²) in [6.07, 6.45) is 2.06. The first-order chi connectivity index (χ1) is 11.3. The van der Waals surface area contributed by atoms with Gasteiger partial charge in [-0.3, -0.25) is 14.7 Å². The highest BCUT2D eigenvalue weighted by Gasteiger charge is 2.21. The van der Waals surface area contributed by atoms with Crippen LogP contribution < -0.4 is 21.3 Å². The van der Waals surface area contributed by atoms with Crippen LogP contribution in [0.1, 0.15) is 40.5 Å². The zero-order valence-corrected chi connectivity index (χ0v) is 18.8. The monoisotopic (exact) mass is 468 g/mol. The number of nitrogens with zero attached hydrogens (tertiary/aromatic N) is 2. The maximum Gasteiger partial charge on any atom is 0.233 e. The second-order valence-corrected chi connectivity index (χ2v) is 7.31. The average molecular weight is 468 g/mol. The summed E-state index contributed by atoms with van der Waals surface area (Å²) >= 11 is 0. The molecule has 0 unspecified atom stereocenters. The highest BCUT2D eigenvalue weighted by atomic mass is 127. The molecule has 0 saturated carbocycles. The van der Waals surface area contributed by atoms with E-state index in [1.54, 1.807) is 7.05 Å². The Kier molecular flexibility index (Phi) is 12.4. The van der Waals surface area contributed by atoms with Crippen molar-refractivity contribution in [1.82, 2.24) is 26.2 Å². The second kappa shape index (κ2) is 12.7. The molecule has 0 radical (unpaired) electrons. The van der Waals surface area contributed by atoms with Gasteiger partial charge in [0.05, 0.1) is 13.1 Å². The average Bonchev–Trinajstić information content (AvgIpc) is 2.52. The van der Waals surface area contributed by atoms with Crippen molar-refractivity contribution in [3.05, 3.63) is 0 Å². The number of likely N-dealkylation sites (tertiary alicyclic amines) is 1. The van der Waals surface area contributed by atoms with Crippen LogP contribution in [0.25, 0.3) is 0 Å². The Morgan fingerprint density at radius 1 is 1.24 bits per heavy atom. The van der Waals surface area contributed by atoms with E-state index >= 15 is 0 Å². The van der Waals surface area contributed by atoms with E-state index in [4.69, 9.17) is 0 Å². The Hall–Kier alpha value is -0.610. The lowest BCUT2D eigenvalue weighted by atomic mass is 10.1. The number of piperidine rings is 1. The van der Waals surface area contributed by atoms with E-state index in [9.17, 15) is 4.79 Å². The van der Waals surface area contributed by atoms with Gasteiger partial charge in [-0.15, -0.1) is 24.0 Å². The molecule has 1 fully saturated rings. The third-order valence-electron chi connectivity index (χ3n) is 3.96. The summed E-state index contributed by atoms with van der Waals surface area (Å²) in [5.74, 6) is 0.973. The van der Waals surface area contributed by atoms with Crippen LogP contribution in [0, 0.1) is 0 Å². The number of halogens is 1. The van der Waals surface area contributed by atoms with Crippen molar-refractivity contribution in [3.63, 3.8) is 0 Å². The molecule has 1 aliphatic heterocycles. The van der Waals surface area contributed by atoms with Crippen LogP contribution >= 0.6 is 24.0 Å². The Bertz CT molecular complexity index is 402. The van der Waals surface area contributed by atoms with Crippen molar-refractivity contribution in [3.8, 4) is 0 Å². The molecule has 0 spiro atoms. The van der Waals surface area contributed by atoms with Crippen molar-refractivity contribution in [2.75, 3.05) is 46.3 Å². The fraction of sp³-hybridized carbons (Fsp3) is 0.882. The third kappa shape index (κ3) is 11.6. The van der Waals surface area contributed by atoms with Gasteiger partial charge in [0.15, 0.2) is 5.96 Å². The van der Waals surface area contributed by atoms with Crippen LogP contribution in [-0.4, -0.2) is 74.7 Å². The molecule has 0 aromatic rings. The molecule has 1 rings (SSSR count). The SMILES string of the molecule is CCNC(=NCCNC(C)(C)C)NC1CCN(CC(=O)NC)CC1.I. The second-order valence-electron chi connectivity index (χ2n) is 7.31. The lowest BCUT2D eigenvalue weighted by Gasteiger charge is -2.32. The molecule has 1 amide bonds. The quantitative estimate of drug-likeness (QED) is 0.192. The molecular weight excluding hydrogens is 431 g/mol. The van der Waals surface area contributed by atoms with Crippen LogP contribution in [0.4, 0.5) is 0 Å². The number of nitrogens with one attached hydrogen (secondary N) is 4. The zero-order valence-electron chi connectivity index (χ0n) is 16.4. The smallest absolute Gasteiger partial charge is 0.233 e. The van der Waals surface area contributed by atoms with Gasteiger partial charge in [0.2, 0.25) is 5.91 Å². The first kappa shape index (κ1) is 24.4. The van der Waals surface area contributed by atoms with Crippen LogP contribution in [0.15, 0.2) is 4.99 Å². The molecular formula is C17H37IN6O. The maximum absolute atomic E-state index is 11.4. The van der Waals surface area contributed by atoms with E-state index in [0.717, 1.165) is 51.5 Å². The number of guanidine groups is 1. The normalized spacial score (nSPS) is 16.9. The Morgan fingerprint density at radius 3 is 2.40 bits per heavy atom. The molecule has 7 nitrogen and oxygen atoms in total. The Labute approximate surface area is 170 Å². The minimum Gasteiger partial charge on any atom is -0.358 e. The number of carbonyl (C=O) groups is 1. The van der Waals surface area contributed by atoms with Gasteiger partial charge in [-0.05, 0) is 40.5 Å². The zero-order chi connectivity index (χ0) is 18.0. The van der Waals surface area contributed by atoms with E-state index in [0.29, 0.717) is 12.6 Å². The fourth-order valence-electron chi connectivity index (χ4n) is 2.63. The molecule has 0 aliphatic carbocycles. The summed E-state index contributed by atoms with van der Waals surface area (Å²) in [5.41, 5.74) is 0.124. The molecule has 0 aromatic carbocycles. The number of amides is 1. The van der Waals surface area contributed by atoms with E-state index < -0.39 is 0 Å². The molecule has 8 heteroatoms. The van der Waals surface area contributed by atoms with Crippen LogP contribution in [0.5, 0.6) is 0 Å². The number of rotatable bonds is 7. The molecule has 0 bridgehead atoms. The molecule has 1 aliphatic rings. The van der Waals surface area contributed by atoms with Gasteiger partial charge >= 0.3 is 0 Å². The van der Waals surface area contributed by atoms with Crippen molar-refractivity contribution in [2.45, 2.75) is 52.1 Å². The summed E-state index contributed by atoms with van der Waals surface area (Å²) in [5, 5.41) is 13.0. The summed E-state index contributed by atoms with van der Waals surface area (Å²) in [7, 11) is 1.68. The molecule has 25 heavy (non-hydrogen) atoms. The standard InChI is InChI=1S/C17H36N6O.HI/c1-6-19-16(20-9-10-21-17(2,3)4)22-14-7-11-23(12-8-14)13-15(24)18-5;/h14,21H,6-13H2,1-5H3,(H,18,24)(H2,19,20,22);1H. The Morgan fingerprint density at radius 2 is 1.88 bits per heavy atom.